The molecule has 2 atom stereocenters. The molecule has 0 radical (unpaired) electrons. The number of rotatable bonds is 1. The zero-order chi connectivity index (χ0) is 22.3. The van der Waals surface area contributed by atoms with Gasteiger partial charge in [-0.3, -0.25) is 9.59 Å². The maximum Gasteiger partial charge on any atom is 0.273 e. The van der Waals surface area contributed by atoms with Gasteiger partial charge in [0.2, 0.25) is 0 Å². The molecule has 0 N–H and O–H groups in total. The molecule has 1 aliphatic heterocycles. The highest BCUT2D eigenvalue weighted by Gasteiger charge is 2.36. The Morgan fingerprint density at radius 2 is 1.78 bits per heavy atom. The molecule has 0 spiro atoms. The second-order valence-corrected chi connectivity index (χ2v) is 9.59. The Labute approximate surface area is 194 Å². The largest absolute Gasteiger partial charge is 0.487 e. The summed E-state index contributed by atoms with van der Waals surface area (Å²) in [6, 6.07) is 7.53. The molecule has 4 rings (SSSR count). The maximum absolute atomic E-state index is 13.4. The Balaban J connectivity index is 1.65. The highest BCUT2D eigenvalue weighted by atomic mass is 32.1. The summed E-state index contributed by atoms with van der Waals surface area (Å²) in [5.74, 6) is 0.621. The van der Waals surface area contributed by atoms with Gasteiger partial charge in [0.05, 0.1) is 17.1 Å². The van der Waals surface area contributed by atoms with Gasteiger partial charge >= 0.3 is 0 Å². The Morgan fingerprint density at radius 3 is 2.59 bits per heavy atom. The number of amides is 2. The number of fused-ring (bicyclic) bond motifs is 2. The van der Waals surface area contributed by atoms with Crippen LogP contribution in [0.2, 0.25) is 0 Å². The van der Waals surface area contributed by atoms with Gasteiger partial charge in [0.25, 0.3) is 11.8 Å². The zero-order valence-corrected chi connectivity index (χ0v) is 19.7. The third-order valence-electron chi connectivity index (χ3n) is 6.62. The van der Waals surface area contributed by atoms with Crippen LogP contribution in [-0.4, -0.2) is 58.9 Å². The molecule has 1 aliphatic carbocycles. The summed E-state index contributed by atoms with van der Waals surface area (Å²) in [7, 11) is 1.87. The molecular weight excluding hydrogens is 422 g/mol. The molecule has 0 unspecified atom stereocenters. The molecule has 2 heterocycles. The Hall–Kier alpha value is -2.41. The van der Waals surface area contributed by atoms with E-state index in [2.05, 4.69) is 4.98 Å². The highest BCUT2D eigenvalue weighted by Crippen LogP contribution is 2.31. The molecule has 1 saturated carbocycles. The number of hydrogen-bond acceptors (Lipinski definition) is 5. The Bertz CT molecular complexity index is 902. The van der Waals surface area contributed by atoms with Gasteiger partial charge < -0.3 is 14.5 Å². The predicted octanol–water partition coefficient (Wildman–Crippen LogP) is 5.01. The fraction of sp³-hybridized carbons (Fsp3) is 0.560. The van der Waals surface area contributed by atoms with E-state index in [0.29, 0.717) is 17.0 Å². The third-order valence-corrected chi connectivity index (χ3v) is 7.20. The van der Waals surface area contributed by atoms with Crippen LogP contribution in [0, 0.1) is 0 Å². The fourth-order valence-corrected chi connectivity index (χ4v) is 5.36. The predicted molar refractivity (Wildman–Crippen MR) is 126 cm³/mol. The number of ether oxygens (including phenoxy) is 1. The second-order valence-electron chi connectivity index (χ2n) is 8.87. The number of para-hydroxylation sites is 1. The minimum Gasteiger partial charge on any atom is -0.487 e. The molecule has 1 fully saturated rings. The third kappa shape index (κ3) is 5.31. The van der Waals surface area contributed by atoms with E-state index in [1.54, 1.807) is 10.4 Å². The normalized spacial score (nSPS) is 23.3. The summed E-state index contributed by atoms with van der Waals surface area (Å²) < 4.78 is 6.53. The lowest BCUT2D eigenvalue weighted by molar-refractivity contribution is 0.0267. The van der Waals surface area contributed by atoms with Crippen LogP contribution in [0.1, 0.15) is 78.6 Å². The molecule has 2 aliphatic rings. The molecule has 2 amide bonds. The minimum absolute atomic E-state index is 0.000149. The topological polar surface area (TPSA) is 62.7 Å². The highest BCUT2D eigenvalue weighted by molar-refractivity contribution is 7.07. The number of nitrogens with zero attached hydrogens (tertiary/aromatic N) is 3. The average Bonchev–Trinajstić information content (AvgIpc) is 3.35. The molecule has 172 valence electrons. The van der Waals surface area contributed by atoms with Crippen LogP contribution in [0.4, 0.5) is 0 Å². The quantitative estimate of drug-likeness (QED) is 0.606. The van der Waals surface area contributed by atoms with Gasteiger partial charge in [-0.1, -0.05) is 37.8 Å². The lowest BCUT2D eigenvalue weighted by atomic mass is 9.90. The molecular formula is C25H33N3O3S. The summed E-state index contributed by atoms with van der Waals surface area (Å²) in [6.45, 7) is 1.47. The van der Waals surface area contributed by atoms with Gasteiger partial charge in [0, 0.05) is 25.5 Å². The first-order valence-corrected chi connectivity index (χ1v) is 12.8. The van der Waals surface area contributed by atoms with Crippen molar-refractivity contribution in [3.8, 4) is 5.75 Å². The molecule has 2 aromatic rings. The first-order chi connectivity index (χ1) is 15.6. The van der Waals surface area contributed by atoms with Crippen molar-refractivity contribution in [3.63, 3.8) is 0 Å². The van der Waals surface area contributed by atoms with Gasteiger partial charge in [0.1, 0.15) is 17.5 Å². The Kier molecular flexibility index (Phi) is 7.79. The second kappa shape index (κ2) is 10.9. The van der Waals surface area contributed by atoms with Crippen LogP contribution < -0.4 is 4.74 Å². The number of carbonyl (C=O) groups excluding carboxylic acids is 2. The van der Waals surface area contributed by atoms with E-state index in [-0.39, 0.29) is 24.0 Å². The molecule has 32 heavy (non-hydrogen) atoms. The van der Waals surface area contributed by atoms with Gasteiger partial charge in [0.15, 0.2) is 0 Å². The lowest BCUT2D eigenvalue weighted by Crippen LogP contribution is -2.51. The number of carbonyl (C=O) groups is 2. The van der Waals surface area contributed by atoms with Gasteiger partial charge in [-0.05, 0) is 44.2 Å². The van der Waals surface area contributed by atoms with Crippen molar-refractivity contribution >= 4 is 23.2 Å². The number of hydrogen-bond donors (Lipinski definition) is 0. The monoisotopic (exact) mass is 455 g/mol. The van der Waals surface area contributed by atoms with E-state index in [4.69, 9.17) is 4.74 Å². The fourth-order valence-electron chi connectivity index (χ4n) is 4.83. The van der Waals surface area contributed by atoms with Crippen molar-refractivity contribution in [1.82, 2.24) is 14.8 Å². The molecule has 0 saturated heterocycles. The van der Waals surface area contributed by atoms with Gasteiger partial charge in [-0.25, -0.2) is 4.98 Å². The average molecular weight is 456 g/mol. The standard InChI is InChI=1S/C25H33N3O3S/c1-27-15-9-3-2-4-10-16-28(25(30)20-17-32-18-26-20)21-12-6-8-14-23(21)31-22-13-7-5-11-19(22)24(27)29/h5,7,11,13,17-18,21,23H,2-4,6,8-10,12,14-16H2,1H3/t21-,23+/m1/s1. The van der Waals surface area contributed by atoms with Gasteiger partial charge in [-0.2, -0.15) is 0 Å². The van der Waals surface area contributed by atoms with Crippen LogP contribution in [-0.2, 0) is 0 Å². The number of benzene rings is 1. The van der Waals surface area contributed by atoms with Crippen molar-refractivity contribution in [1.29, 1.82) is 0 Å². The Morgan fingerprint density at radius 1 is 1.03 bits per heavy atom. The van der Waals surface area contributed by atoms with E-state index in [9.17, 15) is 9.59 Å². The maximum atomic E-state index is 13.4. The first kappa shape index (κ1) is 22.8. The van der Waals surface area contributed by atoms with E-state index < -0.39 is 0 Å². The van der Waals surface area contributed by atoms with E-state index in [0.717, 1.165) is 70.9 Å². The summed E-state index contributed by atoms with van der Waals surface area (Å²) >= 11 is 1.45. The van der Waals surface area contributed by atoms with Crippen molar-refractivity contribution in [2.45, 2.75) is 69.9 Å². The first-order valence-electron chi connectivity index (χ1n) is 11.9. The number of aromatic nitrogens is 1. The van der Waals surface area contributed by atoms with Gasteiger partial charge in [-0.15, -0.1) is 11.3 Å². The van der Waals surface area contributed by atoms with E-state index >= 15 is 0 Å². The summed E-state index contributed by atoms with van der Waals surface area (Å²) in [4.78, 5) is 34.6. The van der Waals surface area contributed by atoms with E-state index in [1.165, 1.54) is 11.3 Å². The molecule has 1 aromatic heterocycles. The molecule has 0 bridgehead atoms. The summed E-state index contributed by atoms with van der Waals surface area (Å²) in [5.41, 5.74) is 2.84. The number of thiazole rings is 1. The van der Waals surface area contributed by atoms with Crippen LogP contribution in [0.3, 0.4) is 0 Å². The lowest BCUT2D eigenvalue weighted by Gasteiger charge is -2.40. The van der Waals surface area contributed by atoms with Crippen molar-refractivity contribution in [2.24, 2.45) is 0 Å². The van der Waals surface area contributed by atoms with Crippen LogP contribution in [0.5, 0.6) is 5.75 Å². The van der Waals surface area contributed by atoms with Crippen molar-refractivity contribution in [3.05, 3.63) is 46.4 Å². The van der Waals surface area contributed by atoms with E-state index in [1.807, 2.05) is 41.6 Å². The summed E-state index contributed by atoms with van der Waals surface area (Å²) in [5, 5.41) is 1.83. The summed E-state index contributed by atoms with van der Waals surface area (Å²) in [6.07, 6.45) is 9.05. The molecule has 7 heteroatoms. The SMILES string of the molecule is CN1CCCCCCCN(C(=O)c2cscn2)[C@@H]2CCCC[C@@H]2Oc2ccccc2C1=O. The van der Waals surface area contributed by atoms with Crippen LogP contribution in [0.15, 0.2) is 35.2 Å². The molecule has 6 nitrogen and oxygen atoms in total. The molecule has 1 aromatic carbocycles. The van der Waals surface area contributed by atoms with Crippen LogP contribution in [0.25, 0.3) is 0 Å². The van der Waals surface area contributed by atoms with Crippen molar-refractivity contribution < 1.29 is 14.3 Å². The van der Waals surface area contributed by atoms with Crippen LogP contribution >= 0.6 is 11.3 Å². The zero-order valence-electron chi connectivity index (χ0n) is 18.9. The smallest absolute Gasteiger partial charge is 0.273 e. The van der Waals surface area contributed by atoms with Crippen molar-refractivity contribution in [2.75, 3.05) is 20.1 Å². The minimum atomic E-state index is -0.129.